The number of benzene rings is 2. The minimum atomic E-state index is 0.667. The van der Waals surface area contributed by atoms with Crippen LogP contribution in [0.25, 0.3) is 0 Å². The van der Waals surface area contributed by atoms with E-state index in [9.17, 15) is 0 Å². The monoisotopic (exact) mass is 279 g/mol. The molecule has 0 amide bonds. The van der Waals surface area contributed by atoms with Crippen LogP contribution in [0.4, 0.5) is 5.69 Å². The van der Waals surface area contributed by atoms with Gasteiger partial charge in [0.25, 0.3) is 0 Å². The van der Waals surface area contributed by atoms with Gasteiger partial charge in [-0.2, -0.15) is 0 Å². The van der Waals surface area contributed by atoms with Crippen molar-refractivity contribution in [2.45, 2.75) is 20.4 Å². The van der Waals surface area contributed by atoms with Crippen molar-refractivity contribution >= 4 is 28.9 Å². The Morgan fingerprint density at radius 2 is 1.61 bits per heavy atom. The Labute approximate surface area is 118 Å². The van der Waals surface area contributed by atoms with Gasteiger partial charge in [0.2, 0.25) is 0 Å². The van der Waals surface area contributed by atoms with Gasteiger partial charge in [-0.3, -0.25) is 0 Å². The van der Waals surface area contributed by atoms with E-state index in [1.165, 1.54) is 11.1 Å². The Morgan fingerprint density at radius 3 is 2.22 bits per heavy atom. The minimum Gasteiger partial charge on any atom is -0.381 e. The molecule has 0 fully saturated rings. The summed E-state index contributed by atoms with van der Waals surface area (Å²) < 4.78 is 0. The topological polar surface area (TPSA) is 12.0 Å². The first-order valence-electron chi connectivity index (χ1n) is 5.81. The number of halogens is 2. The molecule has 3 heteroatoms. The lowest BCUT2D eigenvalue weighted by Gasteiger charge is -2.11. The lowest BCUT2D eigenvalue weighted by Crippen LogP contribution is -2.01. The molecular formula is C15H15Cl2N. The fraction of sp³-hybridized carbons (Fsp3) is 0.200. The van der Waals surface area contributed by atoms with Crippen molar-refractivity contribution in [3.05, 3.63) is 63.1 Å². The van der Waals surface area contributed by atoms with Crippen LogP contribution in [0.1, 0.15) is 16.7 Å². The van der Waals surface area contributed by atoms with Crippen LogP contribution in [-0.2, 0) is 6.54 Å². The molecule has 0 bridgehead atoms. The second-order valence-corrected chi connectivity index (χ2v) is 5.32. The van der Waals surface area contributed by atoms with Gasteiger partial charge in [-0.1, -0.05) is 40.9 Å². The highest BCUT2D eigenvalue weighted by molar-refractivity contribution is 6.34. The molecule has 2 aromatic rings. The van der Waals surface area contributed by atoms with Crippen LogP contribution in [0.5, 0.6) is 0 Å². The van der Waals surface area contributed by atoms with Gasteiger partial charge in [0.05, 0.1) is 0 Å². The number of rotatable bonds is 3. The molecule has 0 atom stereocenters. The highest BCUT2D eigenvalue weighted by Crippen LogP contribution is 2.21. The molecule has 18 heavy (non-hydrogen) atoms. The summed E-state index contributed by atoms with van der Waals surface area (Å²) in [6.07, 6.45) is 0. The maximum absolute atomic E-state index is 5.97. The van der Waals surface area contributed by atoms with Gasteiger partial charge >= 0.3 is 0 Å². The molecule has 1 N–H and O–H groups in total. The quantitative estimate of drug-likeness (QED) is 0.812. The van der Waals surface area contributed by atoms with Gasteiger partial charge in [0.1, 0.15) is 0 Å². The van der Waals surface area contributed by atoms with Crippen molar-refractivity contribution in [2.24, 2.45) is 0 Å². The maximum atomic E-state index is 5.97. The van der Waals surface area contributed by atoms with Gasteiger partial charge < -0.3 is 5.32 Å². The third-order valence-electron chi connectivity index (χ3n) is 2.79. The Bertz CT molecular complexity index is 544. The Kier molecular flexibility index (Phi) is 4.15. The summed E-state index contributed by atoms with van der Waals surface area (Å²) in [6, 6.07) is 11.9. The van der Waals surface area contributed by atoms with Crippen LogP contribution in [0, 0.1) is 13.8 Å². The lowest BCUT2D eigenvalue weighted by atomic mass is 10.1. The summed E-state index contributed by atoms with van der Waals surface area (Å²) in [5, 5.41) is 4.73. The largest absolute Gasteiger partial charge is 0.381 e. The normalized spacial score (nSPS) is 10.4. The van der Waals surface area contributed by atoms with Gasteiger partial charge in [-0.05, 0) is 49.2 Å². The summed E-state index contributed by atoms with van der Waals surface area (Å²) in [5.41, 5.74) is 4.72. The lowest BCUT2D eigenvalue weighted by molar-refractivity contribution is 1.14. The highest BCUT2D eigenvalue weighted by Gasteiger charge is 2.01. The molecule has 1 nitrogen and oxygen atoms in total. The molecule has 2 rings (SSSR count). The van der Waals surface area contributed by atoms with Gasteiger partial charge in [-0.15, -0.1) is 0 Å². The molecule has 94 valence electrons. The molecule has 0 saturated heterocycles. The molecule has 0 radical (unpaired) electrons. The number of anilines is 1. The number of hydrogen-bond acceptors (Lipinski definition) is 1. The third kappa shape index (κ3) is 3.41. The fourth-order valence-electron chi connectivity index (χ4n) is 1.92. The van der Waals surface area contributed by atoms with E-state index in [2.05, 4.69) is 37.4 Å². The summed E-state index contributed by atoms with van der Waals surface area (Å²) in [7, 11) is 0. The molecule has 0 aliphatic carbocycles. The van der Waals surface area contributed by atoms with Crippen LogP contribution in [-0.4, -0.2) is 0 Å². The third-order valence-corrected chi connectivity index (χ3v) is 3.22. The standard InChI is InChI=1S/C15H15Cl2N/c1-10-3-4-15(11(2)5-10)18-9-12-6-13(16)8-14(17)7-12/h3-8,18H,9H2,1-2H3. The van der Waals surface area contributed by atoms with Crippen molar-refractivity contribution < 1.29 is 0 Å². The molecule has 0 aliphatic heterocycles. The van der Waals surface area contributed by atoms with Crippen molar-refractivity contribution in [3.63, 3.8) is 0 Å². The minimum absolute atomic E-state index is 0.667. The predicted octanol–water partition coefficient (Wildman–Crippen LogP) is 5.22. The molecular weight excluding hydrogens is 265 g/mol. The van der Waals surface area contributed by atoms with E-state index in [-0.39, 0.29) is 0 Å². The summed E-state index contributed by atoms with van der Waals surface area (Å²) in [6.45, 7) is 4.90. The number of hydrogen-bond donors (Lipinski definition) is 1. The number of nitrogens with one attached hydrogen (secondary N) is 1. The van der Waals surface area contributed by atoms with Crippen LogP contribution in [0.15, 0.2) is 36.4 Å². The van der Waals surface area contributed by atoms with E-state index < -0.39 is 0 Å². The molecule has 2 aromatic carbocycles. The van der Waals surface area contributed by atoms with Gasteiger partial charge in [0.15, 0.2) is 0 Å². The average molecular weight is 280 g/mol. The maximum Gasteiger partial charge on any atom is 0.0424 e. The fourth-order valence-corrected chi connectivity index (χ4v) is 2.49. The Hall–Kier alpha value is -1.18. The molecule has 0 unspecified atom stereocenters. The first-order chi connectivity index (χ1) is 8.54. The van der Waals surface area contributed by atoms with E-state index >= 15 is 0 Å². The van der Waals surface area contributed by atoms with Crippen LogP contribution in [0.3, 0.4) is 0 Å². The van der Waals surface area contributed by atoms with E-state index in [1.54, 1.807) is 6.07 Å². The second kappa shape index (κ2) is 5.64. The Balaban J connectivity index is 2.11. The smallest absolute Gasteiger partial charge is 0.0424 e. The Morgan fingerprint density at radius 1 is 0.944 bits per heavy atom. The molecule has 0 heterocycles. The first-order valence-corrected chi connectivity index (χ1v) is 6.56. The summed E-state index contributed by atoms with van der Waals surface area (Å²) in [4.78, 5) is 0. The van der Waals surface area contributed by atoms with Crippen LogP contribution in [0.2, 0.25) is 10.0 Å². The zero-order chi connectivity index (χ0) is 13.1. The second-order valence-electron chi connectivity index (χ2n) is 4.45. The van der Waals surface area contributed by atoms with Crippen molar-refractivity contribution in [1.82, 2.24) is 0 Å². The van der Waals surface area contributed by atoms with Gasteiger partial charge in [0, 0.05) is 22.3 Å². The van der Waals surface area contributed by atoms with E-state index in [0.717, 1.165) is 11.3 Å². The molecule has 0 spiro atoms. The SMILES string of the molecule is Cc1ccc(NCc2cc(Cl)cc(Cl)c2)c(C)c1. The van der Waals surface area contributed by atoms with Crippen LogP contribution >= 0.6 is 23.2 Å². The van der Waals surface area contributed by atoms with E-state index in [1.807, 2.05) is 12.1 Å². The van der Waals surface area contributed by atoms with Crippen molar-refractivity contribution in [1.29, 1.82) is 0 Å². The number of aryl methyl sites for hydroxylation is 2. The summed E-state index contributed by atoms with van der Waals surface area (Å²) in [5.74, 6) is 0. The molecule has 0 aliphatic rings. The highest BCUT2D eigenvalue weighted by atomic mass is 35.5. The summed E-state index contributed by atoms with van der Waals surface area (Å²) >= 11 is 11.9. The van der Waals surface area contributed by atoms with Crippen molar-refractivity contribution in [3.8, 4) is 0 Å². The average Bonchev–Trinajstić information content (AvgIpc) is 2.26. The van der Waals surface area contributed by atoms with E-state index in [0.29, 0.717) is 16.6 Å². The van der Waals surface area contributed by atoms with Gasteiger partial charge in [-0.25, -0.2) is 0 Å². The van der Waals surface area contributed by atoms with E-state index in [4.69, 9.17) is 23.2 Å². The molecule has 0 aromatic heterocycles. The zero-order valence-electron chi connectivity index (χ0n) is 10.4. The van der Waals surface area contributed by atoms with Crippen molar-refractivity contribution in [2.75, 3.05) is 5.32 Å². The predicted molar refractivity (Wildman–Crippen MR) is 79.7 cm³/mol. The first kappa shape index (κ1) is 13.3. The zero-order valence-corrected chi connectivity index (χ0v) is 11.9. The molecule has 0 saturated carbocycles. The van der Waals surface area contributed by atoms with Crippen LogP contribution < -0.4 is 5.32 Å².